The van der Waals surface area contributed by atoms with Crippen LogP contribution in [0, 0.1) is 5.92 Å². The molecule has 1 saturated carbocycles. The minimum atomic E-state index is -3.70. The lowest BCUT2D eigenvalue weighted by Crippen LogP contribution is -2.33. The summed E-state index contributed by atoms with van der Waals surface area (Å²) in [6.45, 7) is 2.27. The lowest BCUT2D eigenvalue weighted by atomic mass is 10.2. The topological polar surface area (TPSA) is 69.7 Å². The number of hydrogen-bond donors (Lipinski definition) is 1. The fourth-order valence-electron chi connectivity index (χ4n) is 3.80. The SMILES string of the molecule is CN(CCNS(=O)(=O)c1cc2c(cc1Br)CCN2C(=O)C1CC1)Cc1ccccc1. The van der Waals surface area contributed by atoms with Crippen LogP contribution in [0.25, 0.3) is 0 Å². The molecule has 1 fully saturated rings. The zero-order valence-corrected chi connectivity index (χ0v) is 19.4. The maximum Gasteiger partial charge on any atom is 0.241 e. The zero-order valence-electron chi connectivity index (χ0n) is 17.0. The maximum absolute atomic E-state index is 13.0. The van der Waals surface area contributed by atoms with E-state index in [0.717, 1.165) is 37.1 Å². The van der Waals surface area contributed by atoms with Crippen LogP contribution in [0.15, 0.2) is 51.8 Å². The summed E-state index contributed by atoms with van der Waals surface area (Å²) in [6, 6.07) is 13.6. The van der Waals surface area contributed by atoms with Crippen LogP contribution < -0.4 is 9.62 Å². The number of amides is 1. The lowest BCUT2D eigenvalue weighted by Gasteiger charge is -2.19. The molecule has 0 spiro atoms. The molecule has 160 valence electrons. The van der Waals surface area contributed by atoms with E-state index in [1.165, 1.54) is 5.56 Å². The number of halogens is 1. The van der Waals surface area contributed by atoms with Gasteiger partial charge in [0.1, 0.15) is 0 Å². The molecule has 1 heterocycles. The zero-order chi connectivity index (χ0) is 21.3. The third-order valence-electron chi connectivity index (χ3n) is 5.59. The molecule has 6 nitrogen and oxygen atoms in total. The van der Waals surface area contributed by atoms with Crippen LogP contribution in [0.2, 0.25) is 0 Å². The average Bonchev–Trinajstić information content (AvgIpc) is 3.47. The van der Waals surface area contributed by atoms with Gasteiger partial charge in [0.05, 0.1) is 4.90 Å². The van der Waals surface area contributed by atoms with Crippen molar-refractivity contribution in [1.29, 1.82) is 0 Å². The van der Waals surface area contributed by atoms with Gasteiger partial charge in [0.25, 0.3) is 0 Å². The van der Waals surface area contributed by atoms with Gasteiger partial charge < -0.3 is 9.80 Å². The Morgan fingerprint density at radius 2 is 1.97 bits per heavy atom. The van der Waals surface area contributed by atoms with Gasteiger partial charge >= 0.3 is 0 Å². The fraction of sp³-hybridized carbons (Fsp3) is 0.409. The van der Waals surface area contributed by atoms with Crippen molar-refractivity contribution >= 4 is 37.5 Å². The summed E-state index contributed by atoms with van der Waals surface area (Å²) in [7, 11) is -1.73. The number of rotatable bonds is 8. The number of likely N-dealkylation sites (N-methyl/N-ethyl adjacent to an activating group) is 1. The quantitative estimate of drug-likeness (QED) is 0.615. The van der Waals surface area contributed by atoms with Crippen LogP contribution in [-0.2, 0) is 27.8 Å². The van der Waals surface area contributed by atoms with E-state index in [1.807, 2.05) is 31.3 Å². The number of hydrogen-bond acceptors (Lipinski definition) is 4. The van der Waals surface area contributed by atoms with E-state index in [4.69, 9.17) is 0 Å². The Morgan fingerprint density at radius 1 is 1.23 bits per heavy atom. The third-order valence-corrected chi connectivity index (χ3v) is 8.01. The summed E-state index contributed by atoms with van der Waals surface area (Å²) in [4.78, 5) is 16.6. The molecule has 0 unspecified atom stereocenters. The highest BCUT2D eigenvalue weighted by atomic mass is 79.9. The first kappa shape index (κ1) is 21.5. The van der Waals surface area contributed by atoms with Crippen LogP contribution >= 0.6 is 15.9 Å². The van der Waals surface area contributed by atoms with Crippen molar-refractivity contribution in [2.75, 3.05) is 31.6 Å². The first-order valence-corrected chi connectivity index (χ1v) is 12.5. The molecule has 0 bridgehead atoms. The molecular formula is C22H26BrN3O3S. The van der Waals surface area contributed by atoms with Gasteiger partial charge in [-0.15, -0.1) is 0 Å². The molecule has 0 radical (unpaired) electrons. The largest absolute Gasteiger partial charge is 0.312 e. The lowest BCUT2D eigenvalue weighted by molar-refractivity contribution is -0.119. The van der Waals surface area contributed by atoms with E-state index in [9.17, 15) is 13.2 Å². The minimum absolute atomic E-state index is 0.109. The van der Waals surface area contributed by atoms with Crippen molar-refractivity contribution in [3.8, 4) is 0 Å². The summed E-state index contributed by atoms with van der Waals surface area (Å²) in [5.74, 6) is 0.229. The van der Waals surface area contributed by atoms with E-state index in [1.54, 1.807) is 11.0 Å². The first-order chi connectivity index (χ1) is 14.3. The number of benzene rings is 2. The molecule has 2 aromatic rings. The molecule has 2 aliphatic rings. The predicted octanol–water partition coefficient (Wildman–Crippen LogP) is 3.16. The van der Waals surface area contributed by atoms with Crippen molar-refractivity contribution < 1.29 is 13.2 Å². The van der Waals surface area contributed by atoms with Gasteiger partial charge in [-0.3, -0.25) is 4.79 Å². The van der Waals surface area contributed by atoms with E-state index in [2.05, 4.69) is 37.7 Å². The molecule has 1 aliphatic heterocycles. The maximum atomic E-state index is 13.0. The second-order valence-corrected chi connectivity index (χ2v) is 10.6. The molecule has 4 rings (SSSR count). The number of anilines is 1. The Hall–Kier alpha value is -1.74. The summed E-state index contributed by atoms with van der Waals surface area (Å²) in [5.41, 5.74) is 2.93. The number of sulfonamides is 1. The molecule has 1 N–H and O–H groups in total. The molecule has 30 heavy (non-hydrogen) atoms. The van der Waals surface area contributed by atoms with Crippen LogP contribution in [0.1, 0.15) is 24.0 Å². The molecule has 1 amide bonds. The van der Waals surface area contributed by atoms with Crippen molar-refractivity contribution in [3.05, 3.63) is 58.1 Å². The van der Waals surface area contributed by atoms with E-state index in [0.29, 0.717) is 24.1 Å². The summed E-state index contributed by atoms with van der Waals surface area (Å²) >= 11 is 3.42. The molecule has 0 atom stereocenters. The molecule has 0 saturated heterocycles. The van der Waals surface area contributed by atoms with E-state index < -0.39 is 10.0 Å². The number of carbonyl (C=O) groups is 1. The molecule has 2 aromatic carbocycles. The Balaban J connectivity index is 1.42. The predicted molar refractivity (Wildman–Crippen MR) is 121 cm³/mol. The van der Waals surface area contributed by atoms with Crippen LogP contribution in [0.4, 0.5) is 5.69 Å². The summed E-state index contributed by atoms with van der Waals surface area (Å²) in [5, 5.41) is 0. The Labute approximate surface area is 186 Å². The Kier molecular flexibility index (Phi) is 6.29. The Morgan fingerprint density at radius 3 is 2.67 bits per heavy atom. The van der Waals surface area contributed by atoms with Gasteiger partial charge in [-0.2, -0.15) is 0 Å². The van der Waals surface area contributed by atoms with Crippen LogP contribution in [0.5, 0.6) is 0 Å². The summed E-state index contributed by atoms with van der Waals surface area (Å²) in [6.07, 6.45) is 2.62. The molecule has 1 aliphatic carbocycles. The van der Waals surface area contributed by atoms with Gasteiger partial charge in [-0.1, -0.05) is 30.3 Å². The number of nitrogens with one attached hydrogen (secondary N) is 1. The normalized spacial score (nSPS) is 16.2. The van der Waals surface area contributed by atoms with Gasteiger partial charge in [0.2, 0.25) is 15.9 Å². The summed E-state index contributed by atoms with van der Waals surface area (Å²) < 4.78 is 29.1. The van der Waals surface area contributed by atoms with Crippen molar-refractivity contribution in [3.63, 3.8) is 0 Å². The van der Waals surface area contributed by atoms with Gasteiger partial charge in [0.15, 0.2) is 0 Å². The van der Waals surface area contributed by atoms with Gasteiger partial charge in [0, 0.05) is 42.3 Å². The van der Waals surface area contributed by atoms with Crippen LogP contribution in [-0.4, -0.2) is 45.9 Å². The number of nitrogens with zero attached hydrogens (tertiary/aromatic N) is 2. The minimum Gasteiger partial charge on any atom is -0.312 e. The number of carbonyl (C=O) groups excluding carboxylic acids is 1. The standard InChI is InChI=1S/C22H26BrN3O3S/c1-25(15-16-5-3-2-4-6-16)12-10-24-30(28,29)21-14-20-18(13-19(21)23)9-11-26(20)22(27)17-7-8-17/h2-6,13-14,17,24H,7-12,15H2,1H3. The number of fused-ring (bicyclic) bond motifs is 1. The van der Waals surface area contributed by atoms with Crippen molar-refractivity contribution in [2.45, 2.75) is 30.7 Å². The third kappa shape index (κ3) is 4.77. The second-order valence-electron chi connectivity index (χ2n) is 8.05. The Bertz CT molecular complexity index is 1040. The second kappa shape index (κ2) is 8.78. The first-order valence-electron chi connectivity index (χ1n) is 10.2. The highest BCUT2D eigenvalue weighted by Gasteiger charge is 2.37. The smallest absolute Gasteiger partial charge is 0.241 e. The van der Waals surface area contributed by atoms with Crippen molar-refractivity contribution in [2.24, 2.45) is 5.92 Å². The monoisotopic (exact) mass is 491 g/mol. The van der Waals surface area contributed by atoms with Gasteiger partial charge in [-0.25, -0.2) is 13.1 Å². The van der Waals surface area contributed by atoms with Crippen LogP contribution in [0.3, 0.4) is 0 Å². The van der Waals surface area contributed by atoms with E-state index in [-0.39, 0.29) is 16.7 Å². The molecule has 0 aromatic heterocycles. The van der Waals surface area contributed by atoms with E-state index >= 15 is 0 Å². The molecule has 8 heteroatoms. The highest BCUT2D eigenvalue weighted by molar-refractivity contribution is 9.10. The van der Waals surface area contributed by atoms with Gasteiger partial charge in [-0.05, 0) is 65.5 Å². The van der Waals surface area contributed by atoms with Crippen molar-refractivity contribution in [1.82, 2.24) is 9.62 Å². The molecular weight excluding hydrogens is 466 g/mol. The highest BCUT2D eigenvalue weighted by Crippen LogP contribution is 2.39. The average molecular weight is 492 g/mol. The fourth-order valence-corrected chi connectivity index (χ4v) is 5.92.